The molecule has 0 rings (SSSR count). The van der Waals surface area contributed by atoms with Gasteiger partial charge in [0.05, 0.1) is 13.2 Å². The third kappa shape index (κ3) is 42.3. The minimum atomic E-state index is -0.146. The van der Waals surface area contributed by atoms with Crippen molar-refractivity contribution in [2.75, 3.05) is 18.5 Å². The number of allylic oxidation sites excluding steroid dienone is 2. The Morgan fingerprint density at radius 1 is 0.788 bits per heavy atom. The van der Waals surface area contributed by atoms with Gasteiger partial charge in [0.15, 0.2) is 0 Å². The van der Waals surface area contributed by atoms with Gasteiger partial charge in [-0.15, -0.1) is 18.7 Å². The molecule has 0 aromatic heterocycles. The fourth-order valence-electron chi connectivity index (χ4n) is 1.65. The fraction of sp³-hybridized carbons (Fsp3) is 0.577. The van der Waals surface area contributed by atoms with Crippen molar-refractivity contribution in [3.05, 3.63) is 55.5 Å². The van der Waals surface area contributed by atoms with Gasteiger partial charge in [-0.25, -0.2) is 0 Å². The van der Waals surface area contributed by atoms with Crippen LogP contribution in [-0.4, -0.2) is 53.5 Å². The number of carbonyl (C=O) groups excluding carboxylic acids is 2. The van der Waals surface area contributed by atoms with E-state index in [4.69, 9.17) is 9.47 Å². The maximum absolute atomic E-state index is 10.8. The van der Waals surface area contributed by atoms with Crippen molar-refractivity contribution in [1.82, 2.24) is 0 Å². The molecule has 0 saturated carbocycles. The molecular formula is C26H44Br2MgO4. The Bertz CT molecular complexity index is 544. The molecule has 4 nitrogen and oxygen atoms in total. The first-order valence-electron chi connectivity index (χ1n) is 10.8. The molecule has 0 N–H and O–H groups in total. The van der Waals surface area contributed by atoms with Crippen LogP contribution in [0, 0.1) is 6.92 Å². The molecule has 0 aliphatic carbocycles. The van der Waals surface area contributed by atoms with Gasteiger partial charge in [-0.1, -0.05) is 59.7 Å². The monoisotopic (exact) mass is 602 g/mol. The number of hydrogen-bond donors (Lipinski definition) is 0. The second-order valence-corrected chi connectivity index (χ2v) is 7.86. The quantitative estimate of drug-likeness (QED) is 0.0975. The summed E-state index contributed by atoms with van der Waals surface area (Å²) < 4.78 is 9.81. The predicted octanol–water partition coefficient (Wildman–Crippen LogP) is 4.32. The van der Waals surface area contributed by atoms with Crippen molar-refractivity contribution < 1.29 is 36.0 Å². The van der Waals surface area contributed by atoms with Gasteiger partial charge in [-0.05, 0) is 33.1 Å². The molecule has 33 heavy (non-hydrogen) atoms. The van der Waals surface area contributed by atoms with Gasteiger partial charge in [-0.3, -0.25) is 9.59 Å². The average molecular weight is 605 g/mol. The van der Waals surface area contributed by atoms with E-state index >= 15 is 0 Å². The van der Waals surface area contributed by atoms with E-state index in [2.05, 4.69) is 49.2 Å². The summed E-state index contributed by atoms with van der Waals surface area (Å²) in [5.41, 5.74) is 4.55. The molecule has 0 fully saturated rings. The van der Waals surface area contributed by atoms with Crippen molar-refractivity contribution in [1.29, 1.82) is 0 Å². The molecule has 0 aromatic rings. The van der Waals surface area contributed by atoms with Crippen LogP contribution in [0.2, 0.25) is 0 Å². The Kier molecular flexibility index (Phi) is 41.0. The van der Waals surface area contributed by atoms with Gasteiger partial charge in [0.25, 0.3) is 0 Å². The van der Waals surface area contributed by atoms with Gasteiger partial charge < -0.3 is 33.4 Å². The number of alkyl halides is 1. The summed E-state index contributed by atoms with van der Waals surface area (Å²) in [6.45, 7) is 27.3. The molecule has 0 heterocycles. The number of carbonyl (C=O) groups is 2. The Hall–Kier alpha value is -0.374. The molecule has 0 saturated heterocycles. The molecule has 0 aliphatic heterocycles. The molecular weight excluding hydrogens is 560 g/mol. The second kappa shape index (κ2) is 31.6. The van der Waals surface area contributed by atoms with E-state index in [1.165, 1.54) is 5.57 Å². The Morgan fingerprint density at radius 3 is 1.48 bits per heavy atom. The van der Waals surface area contributed by atoms with Crippen molar-refractivity contribution >= 4 is 50.9 Å². The fourth-order valence-corrected chi connectivity index (χ4v) is 1.93. The largest absolute Gasteiger partial charge is 2.00 e. The molecule has 0 spiro atoms. The third-order valence-electron chi connectivity index (χ3n) is 3.76. The summed E-state index contributed by atoms with van der Waals surface area (Å²) in [4.78, 5) is 21.5. The summed E-state index contributed by atoms with van der Waals surface area (Å²) >= 11 is 3.26. The molecule has 0 atom stereocenters. The first-order valence-corrected chi connectivity index (χ1v) is 11.9. The van der Waals surface area contributed by atoms with Gasteiger partial charge in [0.1, 0.15) is 0 Å². The van der Waals surface area contributed by atoms with Crippen LogP contribution in [-0.2, 0) is 19.1 Å². The summed E-state index contributed by atoms with van der Waals surface area (Å²) in [5, 5.41) is 0.774. The van der Waals surface area contributed by atoms with Crippen LogP contribution >= 0.6 is 15.9 Å². The Balaban J connectivity index is -0.000000128. The number of hydrogen-bond acceptors (Lipinski definition) is 4. The topological polar surface area (TPSA) is 52.6 Å². The van der Waals surface area contributed by atoms with Gasteiger partial charge in [0.2, 0.25) is 0 Å². The minimum absolute atomic E-state index is 0. The van der Waals surface area contributed by atoms with Crippen molar-refractivity contribution in [2.45, 2.75) is 79.1 Å². The van der Waals surface area contributed by atoms with Crippen molar-refractivity contribution in [2.24, 2.45) is 0 Å². The zero-order chi connectivity index (χ0) is 24.7. The molecule has 0 aliphatic rings. The number of ether oxygens (including phenoxy) is 2. The predicted molar refractivity (Wildman–Crippen MR) is 143 cm³/mol. The maximum atomic E-state index is 10.8. The van der Waals surface area contributed by atoms with Gasteiger partial charge in [-0.2, -0.15) is 6.42 Å². The number of halogens is 2. The van der Waals surface area contributed by atoms with Crippen LogP contribution in [0.25, 0.3) is 0 Å². The number of rotatable bonds is 14. The van der Waals surface area contributed by atoms with Crippen LogP contribution in [0.15, 0.2) is 48.6 Å². The van der Waals surface area contributed by atoms with E-state index in [1.54, 1.807) is 13.8 Å². The third-order valence-corrected chi connectivity index (χ3v) is 4.56. The zero-order valence-corrected chi connectivity index (χ0v) is 26.0. The van der Waals surface area contributed by atoms with E-state index in [1.807, 2.05) is 13.8 Å². The smallest absolute Gasteiger partial charge is 1.00 e. The van der Waals surface area contributed by atoms with Crippen LogP contribution in [0.5, 0.6) is 0 Å². The molecule has 7 heteroatoms. The Morgan fingerprint density at radius 2 is 1.18 bits per heavy atom. The van der Waals surface area contributed by atoms with Crippen LogP contribution in [0.1, 0.15) is 79.1 Å². The molecule has 0 bridgehead atoms. The van der Waals surface area contributed by atoms with Crippen molar-refractivity contribution in [3.8, 4) is 0 Å². The Labute approximate surface area is 238 Å². The maximum Gasteiger partial charge on any atom is 2.00 e. The summed E-state index contributed by atoms with van der Waals surface area (Å²) in [7, 11) is 0. The van der Waals surface area contributed by atoms with E-state index in [0.717, 1.165) is 60.6 Å². The summed E-state index contributed by atoms with van der Waals surface area (Å²) in [6.07, 6.45) is 6.42. The van der Waals surface area contributed by atoms with E-state index in [9.17, 15) is 9.59 Å². The van der Waals surface area contributed by atoms with E-state index in [0.29, 0.717) is 26.1 Å². The van der Waals surface area contributed by atoms with Crippen LogP contribution in [0.4, 0.5) is 0 Å². The molecule has 0 amide bonds. The standard InChI is InChI=1S/C13H22O2.C8H13BrO2.C5H9.BrH.Mg/c1-5-13(14)15-10-9-12(4)8-6-7-11(2)3;1-3-8(10)11-5-4-7(2)6-9;1-4-5(2)3;;/h2,4-10H2,1,3H3;2-6H2,1H3;1-2,4H2,3H3;1H;/q;;-1;;+2/p-1. The molecule has 188 valence electrons. The average Bonchev–Trinajstić information content (AvgIpc) is 2.73. The van der Waals surface area contributed by atoms with Crippen molar-refractivity contribution in [3.63, 3.8) is 0 Å². The first-order chi connectivity index (χ1) is 14.5. The normalized spacial score (nSPS) is 8.67. The summed E-state index contributed by atoms with van der Waals surface area (Å²) in [6, 6.07) is 0. The van der Waals surface area contributed by atoms with Gasteiger partial charge >= 0.3 is 35.0 Å². The van der Waals surface area contributed by atoms with Crippen LogP contribution in [0.3, 0.4) is 0 Å². The number of esters is 2. The molecule has 0 radical (unpaired) electrons. The molecule has 0 unspecified atom stereocenters. The van der Waals surface area contributed by atoms with E-state index < -0.39 is 0 Å². The molecule has 0 aromatic carbocycles. The van der Waals surface area contributed by atoms with Gasteiger partial charge in [0, 0.05) is 31.0 Å². The van der Waals surface area contributed by atoms with E-state index in [-0.39, 0.29) is 52.0 Å². The van der Waals surface area contributed by atoms with Crippen LogP contribution < -0.4 is 17.0 Å². The zero-order valence-electron chi connectivity index (χ0n) is 21.4. The second-order valence-electron chi connectivity index (χ2n) is 7.30. The first kappa shape index (κ1) is 42.8. The summed E-state index contributed by atoms with van der Waals surface area (Å²) in [5.74, 6) is -0.280. The SMILES string of the molecule is C=C(C)CCCC(=C)CCOC(=O)CC.C=C(C)C[CH2-].C=C(CBr)CCOC(=O)CC.[Br-].[Mg+2]. The minimum Gasteiger partial charge on any atom is -1.00 e.